The van der Waals surface area contributed by atoms with E-state index in [2.05, 4.69) is 58.9 Å². The molecule has 8 heteroatoms. The molecule has 0 atom stereocenters. The Kier molecular flexibility index (Phi) is 5.82. The number of rotatable bonds is 6. The normalized spacial score (nSPS) is 15.3. The molecule has 0 aromatic rings. The van der Waals surface area contributed by atoms with E-state index in [1.165, 1.54) is 7.05 Å². The lowest BCUT2D eigenvalue weighted by atomic mass is 11.5. The third-order valence-electron chi connectivity index (χ3n) is 2.68. The van der Waals surface area contributed by atoms with Crippen molar-refractivity contribution in [3.8, 4) is 0 Å². The molecule has 0 heterocycles. The molecule has 0 spiro atoms. The number of hydrogen-bond acceptors (Lipinski definition) is 3. The van der Waals surface area contributed by atoms with Crippen LogP contribution in [0, 0.1) is 0 Å². The Balaban J connectivity index is 5.73. The highest BCUT2D eigenvalue weighted by Gasteiger charge is 2.62. The smallest absolute Gasteiger partial charge is 0.310 e. The molecule has 0 bridgehead atoms. The molecule has 1 radical (unpaired) electrons. The summed E-state index contributed by atoms with van der Waals surface area (Å²) in [5.74, 6) is 0. The fraction of sp³-hybridized carbons (Fsp3) is 1.00. The minimum Gasteiger partial charge on any atom is -0.440 e. The lowest BCUT2D eigenvalue weighted by Gasteiger charge is -2.50. The predicted octanol–water partition coefficient (Wildman–Crippen LogP) is 3.32. The molecule has 0 unspecified atom stereocenters. The third kappa shape index (κ3) is 4.67. The SMILES string of the molecule is CN([O])O[Si](O[Si](C)(C)C)([Si](C)(C)C)[Si](C)(C)C. The molecular formula is C10H30NO3Si4. The van der Waals surface area contributed by atoms with E-state index in [-0.39, 0.29) is 0 Å². The van der Waals surface area contributed by atoms with Crippen LogP contribution in [0.3, 0.4) is 0 Å². The molecule has 0 saturated carbocycles. The molecule has 0 amide bonds. The molecule has 0 N–H and O–H groups in total. The van der Waals surface area contributed by atoms with Gasteiger partial charge in [0.05, 0.1) is 0 Å². The Bertz CT molecular complexity index is 264. The average molecular weight is 325 g/mol. The largest absolute Gasteiger partial charge is 0.440 e. The minimum absolute atomic E-state index is 0.642. The fourth-order valence-corrected chi connectivity index (χ4v) is 52.0. The van der Waals surface area contributed by atoms with Crippen molar-refractivity contribution in [1.29, 1.82) is 0 Å². The van der Waals surface area contributed by atoms with Crippen LogP contribution in [0.25, 0.3) is 0 Å². The number of hydrogen-bond donors (Lipinski definition) is 0. The molecule has 0 fully saturated rings. The zero-order valence-electron chi connectivity index (χ0n) is 13.7. The first-order valence-corrected chi connectivity index (χ1v) is 20.6. The van der Waals surface area contributed by atoms with Gasteiger partial charge in [0, 0.05) is 7.05 Å². The average Bonchev–Trinajstić information content (AvgIpc) is 1.93. The molecular weight excluding hydrogens is 294 g/mol. The van der Waals surface area contributed by atoms with Crippen molar-refractivity contribution in [3.05, 3.63) is 0 Å². The summed E-state index contributed by atoms with van der Waals surface area (Å²) in [5.41, 5.74) is 0. The summed E-state index contributed by atoms with van der Waals surface area (Å²) in [6, 6.07) is 0. The van der Waals surface area contributed by atoms with Crippen LogP contribution in [0.4, 0.5) is 0 Å². The van der Waals surface area contributed by atoms with Crippen molar-refractivity contribution in [3.63, 3.8) is 0 Å². The Hall–Kier alpha value is 0.708. The van der Waals surface area contributed by atoms with Crippen molar-refractivity contribution >= 4 is 31.1 Å². The number of hydroxylamine groups is 2. The summed E-state index contributed by atoms with van der Waals surface area (Å²) in [5, 5.41) is 12.2. The first kappa shape index (κ1) is 18.7. The van der Waals surface area contributed by atoms with Crippen LogP contribution >= 0.6 is 0 Å². The van der Waals surface area contributed by atoms with Crippen LogP contribution in [0.5, 0.6) is 0 Å². The van der Waals surface area contributed by atoms with Crippen LogP contribution in [0.15, 0.2) is 0 Å². The highest BCUT2D eigenvalue weighted by Crippen LogP contribution is 2.34. The second kappa shape index (κ2) is 5.60. The fourth-order valence-electron chi connectivity index (χ4n) is 2.34. The van der Waals surface area contributed by atoms with Gasteiger partial charge in [0.2, 0.25) is 0 Å². The Morgan fingerprint density at radius 3 is 1.28 bits per heavy atom. The third-order valence-corrected chi connectivity index (χ3v) is 38.5. The molecule has 109 valence electrons. The Morgan fingerprint density at radius 2 is 1.11 bits per heavy atom. The van der Waals surface area contributed by atoms with Gasteiger partial charge in [-0.25, -0.2) is 0 Å². The van der Waals surface area contributed by atoms with Crippen LogP contribution in [-0.4, -0.2) is 43.4 Å². The van der Waals surface area contributed by atoms with Gasteiger partial charge in [-0.1, -0.05) is 44.5 Å². The molecule has 0 rings (SSSR count). The molecule has 0 aromatic heterocycles. The lowest BCUT2D eigenvalue weighted by Crippen LogP contribution is -2.78. The van der Waals surface area contributed by atoms with E-state index in [1.807, 2.05) is 0 Å². The van der Waals surface area contributed by atoms with Crippen LogP contribution in [-0.2, 0) is 13.8 Å². The highest BCUT2D eigenvalue weighted by atomic mass is 29.7. The second-order valence-electron chi connectivity index (χ2n) is 7.86. The van der Waals surface area contributed by atoms with E-state index in [0.29, 0.717) is 5.23 Å². The van der Waals surface area contributed by atoms with Gasteiger partial charge >= 0.3 is 7.60 Å². The van der Waals surface area contributed by atoms with Gasteiger partial charge < -0.3 is 4.12 Å². The molecule has 18 heavy (non-hydrogen) atoms. The van der Waals surface area contributed by atoms with Crippen molar-refractivity contribution in [2.75, 3.05) is 7.05 Å². The maximum absolute atomic E-state index is 11.5. The summed E-state index contributed by atoms with van der Waals surface area (Å²) >= 11 is 0. The van der Waals surface area contributed by atoms with Gasteiger partial charge in [-0.2, -0.15) is 0 Å². The number of nitrogens with zero attached hydrogens (tertiary/aromatic N) is 1. The van der Waals surface area contributed by atoms with Gasteiger partial charge in [-0.15, -0.1) is 0 Å². The highest BCUT2D eigenvalue weighted by molar-refractivity contribution is 7.65. The zero-order valence-corrected chi connectivity index (χ0v) is 17.7. The van der Waals surface area contributed by atoms with Crippen LogP contribution in [0.2, 0.25) is 58.9 Å². The Morgan fingerprint density at radius 1 is 0.778 bits per heavy atom. The standard InChI is InChI=1S/C10H30NO3Si4/c1-11(12)13-18(16(5,6)7,17(8,9)10)14-15(2,3)4/h1-10H3. The van der Waals surface area contributed by atoms with Crippen molar-refractivity contribution < 1.29 is 13.8 Å². The van der Waals surface area contributed by atoms with Crippen LogP contribution in [0.1, 0.15) is 0 Å². The topological polar surface area (TPSA) is 41.6 Å². The predicted molar refractivity (Wildman–Crippen MR) is 86.4 cm³/mol. The maximum atomic E-state index is 11.5. The first-order valence-electron chi connectivity index (χ1n) is 6.42. The second-order valence-corrected chi connectivity index (χ2v) is 37.8. The van der Waals surface area contributed by atoms with Gasteiger partial charge in [0.15, 0.2) is 8.32 Å². The van der Waals surface area contributed by atoms with Gasteiger partial charge in [0.1, 0.15) is 15.2 Å². The van der Waals surface area contributed by atoms with E-state index >= 15 is 0 Å². The van der Waals surface area contributed by atoms with E-state index in [1.54, 1.807) is 0 Å². The quantitative estimate of drug-likeness (QED) is 0.556. The first-order chi connectivity index (χ1) is 7.62. The summed E-state index contributed by atoms with van der Waals surface area (Å²) < 4.78 is 12.5. The van der Waals surface area contributed by atoms with Crippen LogP contribution < -0.4 is 0 Å². The lowest BCUT2D eigenvalue weighted by molar-refractivity contribution is -0.317. The zero-order chi connectivity index (χ0) is 15.0. The summed E-state index contributed by atoms with van der Waals surface area (Å²) in [7, 11) is -6.13. The van der Waals surface area contributed by atoms with Gasteiger partial charge in [0.25, 0.3) is 0 Å². The summed E-state index contributed by atoms with van der Waals surface area (Å²) in [6.45, 7) is 20.2. The van der Waals surface area contributed by atoms with Crippen molar-refractivity contribution in [1.82, 2.24) is 5.23 Å². The molecule has 0 aromatic carbocycles. The van der Waals surface area contributed by atoms with E-state index in [9.17, 15) is 5.21 Å². The maximum Gasteiger partial charge on any atom is 0.310 e. The van der Waals surface area contributed by atoms with Crippen molar-refractivity contribution in [2.24, 2.45) is 0 Å². The summed E-state index contributed by atoms with van der Waals surface area (Å²) in [6.07, 6.45) is 0. The molecule has 0 aliphatic carbocycles. The van der Waals surface area contributed by atoms with E-state index < -0.39 is 31.1 Å². The Labute approximate surface area is 116 Å². The van der Waals surface area contributed by atoms with E-state index in [0.717, 1.165) is 0 Å². The molecule has 0 aliphatic rings. The molecule has 4 nitrogen and oxygen atoms in total. The monoisotopic (exact) mass is 324 g/mol. The minimum atomic E-state index is -2.44. The van der Waals surface area contributed by atoms with E-state index in [4.69, 9.17) is 8.64 Å². The van der Waals surface area contributed by atoms with Crippen molar-refractivity contribution in [2.45, 2.75) is 58.9 Å². The molecule has 0 aliphatic heterocycles. The van der Waals surface area contributed by atoms with Gasteiger partial charge in [-0.3, -0.25) is 4.53 Å². The summed E-state index contributed by atoms with van der Waals surface area (Å²) in [4.78, 5) is 0. The van der Waals surface area contributed by atoms with Gasteiger partial charge in [-0.05, 0) is 24.9 Å². The molecule has 0 saturated heterocycles.